The van der Waals surface area contributed by atoms with Gasteiger partial charge in [0.1, 0.15) is 5.75 Å². The molecule has 0 aliphatic carbocycles. The highest BCUT2D eigenvalue weighted by atomic mass is 32.2. The van der Waals surface area contributed by atoms with E-state index in [-0.39, 0.29) is 18.6 Å². The van der Waals surface area contributed by atoms with Crippen LogP contribution in [0.15, 0.2) is 24.3 Å². The molecule has 1 unspecified atom stereocenters. The Bertz CT molecular complexity index is 584. The lowest BCUT2D eigenvalue weighted by Crippen LogP contribution is -2.35. The number of nitrogens with one attached hydrogen (secondary N) is 1. The van der Waals surface area contributed by atoms with Crippen LogP contribution >= 0.6 is 0 Å². The van der Waals surface area contributed by atoms with Crippen LogP contribution < -0.4 is 14.4 Å². The molecular formula is C15H24N2O4S. The Morgan fingerprint density at radius 3 is 2.32 bits per heavy atom. The van der Waals surface area contributed by atoms with Crippen LogP contribution in [-0.2, 0) is 14.8 Å². The first-order chi connectivity index (χ1) is 10.3. The Hall–Kier alpha value is -1.76. The summed E-state index contributed by atoms with van der Waals surface area (Å²) in [4.78, 5) is 11.6. The van der Waals surface area contributed by atoms with Crippen molar-refractivity contribution in [2.24, 2.45) is 0 Å². The lowest BCUT2D eigenvalue weighted by atomic mass is 10.2. The Kier molecular flexibility index (Phi) is 6.67. The number of carbonyl (C=O) groups excluding carboxylic acids is 1. The molecule has 124 valence electrons. The van der Waals surface area contributed by atoms with Crippen molar-refractivity contribution < 1.29 is 17.9 Å². The van der Waals surface area contributed by atoms with Crippen LogP contribution in [0.5, 0.6) is 5.75 Å². The first kappa shape index (κ1) is 18.3. The first-order valence-electron chi connectivity index (χ1n) is 7.27. The van der Waals surface area contributed by atoms with Crippen LogP contribution in [0.25, 0.3) is 0 Å². The highest BCUT2D eigenvalue weighted by Crippen LogP contribution is 2.21. The van der Waals surface area contributed by atoms with Crippen LogP contribution in [0, 0.1) is 0 Å². The molecule has 0 bridgehead atoms. The van der Waals surface area contributed by atoms with E-state index in [1.807, 2.05) is 13.8 Å². The third-order valence-corrected chi connectivity index (χ3v) is 4.47. The van der Waals surface area contributed by atoms with E-state index in [9.17, 15) is 13.2 Å². The van der Waals surface area contributed by atoms with Crippen molar-refractivity contribution in [2.75, 3.05) is 23.7 Å². The Morgan fingerprint density at radius 1 is 1.27 bits per heavy atom. The number of amides is 1. The fourth-order valence-corrected chi connectivity index (χ4v) is 2.86. The molecule has 6 nitrogen and oxygen atoms in total. The fourth-order valence-electron chi connectivity index (χ4n) is 1.88. The van der Waals surface area contributed by atoms with Gasteiger partial charge in [0.05, 0.1) is 11.9 Å². The number of rotatable bonds is 8. The number of carbonyl (C=O) groups is 1. The molecule has 1 aromatic rings. The van der Waals surface area contributed by atoms with Gasteiger partial charge in [-0.3, -0.25) is 9.10 Å². The van der Waals surface area contributed by atoms with Gasteiger partial charge in [-0.1, -0.05) is 6.92 Å². The Morgan fingerprint density at radius 2 is 1.86 bits per heavy atom. The summed E-state index contributed by atoms with van der Waals surface area (Å²) >= 11 is 0. The molecule has 0 aromatic heterocycles. The summed E-state index contributed by atoms with van der Waals surface area (Å²) in [6.07, 6.45) is 2.03. The molecule has 1 amide bonds. The van der Waals surface area contributed by atoms with Crippen molar-refractivity contribution >= 4 is 21.6 Å². The molecule has 0 saturated carbocycles. The van der Waals surface area contributed by atoms with Crippen molar-refractivity contribution in [3.63, 3.8) is 0 Å². The van der Waals surface area contributed by atoms with Crippen LogP contribution in [0.2, 0.25) is 0 Å². The predicted octanol–water partition coefficient (Wildman–Crippen LogP) is 1.77. The van der Waals surface area contributed by atoms with Gasteiger partial charge in [-0.05, 0) is 44.5 Å². The molecule has 1 rings (SSSR count). The number of hydrogen-bond acceptors (Lipinski definition) is 4. The van der Waals surface area contributed by atoms with E-state index in [1.165, 1.54) is 10.6 Å². The van der Waals surface area contributed by atoms with E-state index in [4.69, 9.17) is 4.74 Å². The minimum absolute atomic E-state index is 0.0622. The lowest BCUT2D eigenvalue weighted by Gasteiger charge is -2.20. The van der Waals surface area contributed by atoms with Gasteiger partial charge in [0.2, 0.25) is 10.0 Å². The van der Waals surface area contributed by atoms with Gasteiger partial charge in [0, 0.05) is 12.6 Å². The number of sulfonamides is 1. The van der Waals surface area contributed by atoms with Crippen molar-refractivity contribution in [2.45, 2.75) is 33.2 Å². The van der Waals surface area contributed by atoms with Gasteiger partial charge in [0.25, 0.3) is 5.91 Å². The number of benzene rings is 1. The summed E-state index contributed by atoms with van der Waals surface area (Å²) in [7, 11) is -3.29. The second-order valence-corrected chi connectivity index (χ2v) is 6.99. The maximum Gasteiger partial charge on any atom is 0.258 e. The van der Waals surface area contributed by atoms with E-state index >= 15 is 0 Å². The topological polar surface area (TPSA) is 75.7 Å². The highest BCUT2D eigenvalue weighted by Gasteiger charge is 2.15. The lowest BCUT2D eigenvalue weighted by molar-refractivity contribution is -0.123. The molecular weight excluding hydrogens is 304 g/mol. The summed E-state index contributed by atoms with van der Waals surface area (Å²) < 4.78 is 30.0. The largest absolute Gasteiger partial charge is 0.484 e. The van der Waals surface area contributed by atoms with Crippen LogP contribution in [0.1, 0.15) is 27.2 Å². The smallest absolute Gasteiger partial charge is 0.258 e. The molecule has 0 heterocycles. The molecule has 0 radical (unpaired) electrons. The zero-order valence-corrected chi connectivity index (χ0v) is 14.3. The molecule has 0 aliphatic rings. The molecule has 22 heavy (non-hydrogen) atoms. The molecule has 0 aliphatic heterocycles. The zero-order valence-electron chi connectivity index (χ0n) is 13.5. The van der Waals surface area contributed by atoms with Crippen molar-refractivity contribution in [3.05, 3.63) is 24.3 Å². The standard InChI is InChI=1S/C15H24N2O4S/c1-5-12(3)16-15(18)11-21-14-9-7-13(8-10-14)17(6-2)22(4,19)20/h7-10,12H,5-6,11H2,1-4H3,(H,16,18). The second kappa shape index (κ2) is 8.03. The summed E-state index contributed by atoms with van der Waals surface area (Å²) in [6.45, 7) is 5.98. The summed E-state index contributed by atoms with van der Waals surface area (Å²) in [5, 5.41) is 2.81. The average molecular weight is 328 g/mol. The number of anilines is 1. The fraction of sp³-hybridized carbons (Fsp3) is 0.533. The maximum absolute atomic E-state index is 11.6. The van der Waals surface area contributed by atoms with Gasteiger partial charge < -0.3 is 10.1 Å². The average Bonchev–Trinajstić information content (AvgIpc) is 2.45. The van der Waals surface area contributed by atoms with Crippen LogP contribution in [-0.4, -0.2) is 39.8 Å². The number of hydrogen-bond donors (Lipinski definition) is 1. The molecule has 0 fully saturated rings. The Balaban J connectivity index is 2.64. The number of nitrogens with zero attached hydrogens (tertiary/aromatic N) is 1. The van der Waals surface area contributed by atoms with E-state index in [2.05, 4.69) is 5.32 Å². The minimum Gasteiger partial charge on any atom is -0.484 e. The third-order valence-electron chi connectivity index (χ3n) is 3.20. The van der Waals surface area contributed by atoms with Gasteiger partial charge in [-0.25, -0.2) is 8.42 Å². The van der Waals surface area contributed by atoms with Crippen LogP contribution in [0.4, 0.5) is 5.69 Å². The van der Waals surface area contributed by atoms with Crippen LogP contribution in [0.3, 0.4) is 0 Å². The molecule has 1 atom stereocenters. The monoisotopic (exact) mass is 328 g/mol. The second-order valence-electron chi connectivity index (χ2n) is 5.09. The SMILES string of the molecule is CCC(C)NC(=O)COc1ccc(N(CC)S(C)(=O)=O)cc1. The van der Waals surface area contributed by atoms with Gasteiger partial charge in [-0.15, -0.1) is 0 Å². The number of ether oxygens (including phenoxy) is 1. The summed E-state index contributed by atoms with van der Waals surface area (Å²) in [5.74, 6) is 0.345. The van der Waals surface area contributed by atoms with Crippen molar-refractivity contribution in [1.29, 1.82) is 0 Å². The maximum atomic E-state index is 11.6. The molecule has 1 aromatic carbocycles. The molecule has 7 heteroatoms. The van der Waals surface area contributed by atoms with E-state index < -0.39 is 10.0 Å². The van der Waals surface area contributed by atoms with Gasteiger partial charge in [-0.2, -0.15) is 0 Å². The molecule has 1 N–H and O–H groups in total. The zero-order chi connectivity index (χ0) is 16.8. The van der Waals surface area contributed by atoms with E-state index in [1.54, 1.807) is 31.2 Å². The quantitative estimate of drug-likeness (QED) is 0.789. The molecule has 0 spiro atoms. The van der Waals surface area contributed by atoms with Crippen molar-refractivity contribution in [3.8, 4) is 5.75 Å². The Labute approximate surface area is 132 Å². The molecule has 0 saturated heterocycles. The van der Waals surface area contributed by atoms with Gasteiger partial charge >= 0.3 is 0 Å². The van der Waals surface area contributed by atoms with E-state index in [0.717, 1.165) is 6.42 Å². The predicted molar refractivity (Wildman–Crippen MR) is 87.7 cm³/mol. The summed E-state index contributed by atoms with van der Waals surface area (Å²) in [5.41, 5.74) is 0.571. The minimum atomic E-state index is -3.29. The highest BCUT2D eigenvalue weighted by molar-refractivity contribution is 7.92. The third kappa shape index (κ3) is 5.55. The van der Waals surface area contributed by atoms with E-state index in [0.29, 0.717) is 18.0 Å². The normalized spacial score (nSPS) is 12.5. The first-order valence-corrected chi connectivity index (χ1v) is 9.12. The van der Waals surface area contributed by atoms with Gasteiger partial charge in [0.15, 0.2) is 6.61 Å². The van der Waals surface area contributed by atoms with Crippen molar-refractivity contribution in [1.82, 2.24) is 5.32 Å². The summed E-state index contributed by atoms with van der Waals surface area (Å²) in [6, 6.07) is 6.74.